The molecule has 0 saturated heterocycles. The molecule has 0 bridgehead atoms. The van der Waals surface area contributed by atoms with E-state index in [1.165, 1.54) is 11.3 Å². The number of ether oxygens (including phenoxy) is 1. The first-order valence-corrected chi connectivity index (χ1v) is 15.2. The zero-order valence-corrected chi connectivity index (χ0v) is 26.5. The summed E-state index contributed by atoms with van der Waals surface area (Å²) in [5, 5.41) is 0. The number of thiazole rings is 1. The summed E-state index contributed by atoms with van der Waals surface area (Å²) in [4.78, 5) is 35.2. The Morgan fingerprint density at radius 2 is 1.78 bits per heavy atom. The highest BCUT2D eigenvalue weighted by Gasteiger charge is 2.35. The molecular formula is C32H33BrN4O3S. The minimum Gasteiger partial charge on any atom is -0.496 e. The minimum atomic E-state index is -0.659. The smallest absolute Gasteiger partial charge is 0.271 e. The molecule has 0 N–H and O–H groups in total. The number of fused-ring (bicyclic) bond motifs is 1. The standard InChI is InChI=1S/C32H33BrN4O3S/c1-7-35(8-2)31(39)28-20(4)34-32-37(29(28)25-11-9-10-12-26(25)40-6)30(38)27(41-32)18-22-17-19(3)36(21(22)5)24-15-13-23(33)14-16-24/h9-18,29H,7-8H2,1-6H3/b27-18+/t29-/m0/s1. The second-order valence-corrected chi connectivity index (χ2v) is 11.9. The van der Waals surface area contributed by atoms with E-state index in [-0.39, 0.29) is 11.5 Å². The van der Waals surface area contributed by atoms with Crippen molar-refractivity contribution >= 4 is 39.2 Å². The predicted octanol–water partition coefficient (Wildman–Crippen LogP) is 5.28. The molecule has 7 nitrogen and oxygen atoms in total. The molecule has 0 saturated carbocycles. The van der Waals surface area contributed by atoms with Gasteiger partial charge >= 0.3 is 0 Å². The van der Waals surface area contributed by atoms with E-state index in [0.29, 0.717) is 39.4 Å². The van der Waals surface area contributed by atoms with E-state index >= 15 is 0 Å². The molecule has 212 valence electrons. The molecule has 0 radical (unpaired) electrons. The van der Waals surface area contributed by atoms with Crippen molar-refractivity contribution in [3.8, 4) is 11.4 Å². The molecule has 1 amide bonds. The number of carbonyl (C=O) groups excluding carboxylic acids is 1. The van der Waals surface area contributed by atoms with Crippen LogP contribution in [0.15, 0.2) is 80.1 Å². The molecular weight excluding hydrogens is 600 g/mol. The number of rotatable bonds is 7. The zero-order valence-electron chi connectivity index (χ0n) is 24.1. The van der Waals surface area contributed by atoms with Crippen molar-refractivity contribution in [3.05, 3.63) is 113 Å². The molecule has 2 aromatic heterocycles. The Balaban J connectivity index is 1.72. The molecule has 4 aromatic rings. The molecule has 9 heteroatoms. The summed E-state index contributed by atoms with van der Waals surface area (Å²) in [5.74, 6) is 0.490. The minimum absolute atomic E-state index is 0.125. The molecule has 0 aliphatic carbocycles. The van der Waals surface area contributed by atoms with E-state index in [2.05, 4.69) is 52.5 Å². The number of aromatic nitrogens is 2. The first kappa shape index (κ1) is 28.8. The number of halogens is 1. The molecule has 1 atom stereocenters. The normalized spacial score (nSPS) is 15.1. The van der Waals surface area contributed by atoms with Crippen LogP contribution < -0.4 is 19.6 Å². The fourth-order valence-electron chi connectivity index (χ4n) is 5.53. The van der Waals surface area contributed by atoms with Crippen molar-refractivity contribution in [2.45, 2.75) is 40.7 Å². The lowest BCUT2D eigenvalue weighted by Crippen LogP contribution is -2.43. The number of hydrogen-bond donors (Lipinski definition) is 0. The number of methoxy groups -OCH3 is 1. The van der Waals surface area contributed by atoms with E-state index in [1.807, 2.05) is 63.2 Å². The van der Waals surface area contributed by atoms with Crippen LogP contribution in [0.5, 0.6) is 5.75 Å². The monoisotopic (exact) mass is 632 g/mol. The van der Waals surface area contributed by atoms with Gasteiger partial charge in [0.1, 0.15) is 11.8 Å². The molecule has 0 spiro atoms. The first-order valence-electron chi connectivity index (χ1n) is 13.6. The van der Waals surface area contributed by atoms with Gasteiger partial charge in [0.25, 0.3) is 11.5 Å². The average Bonchev–Trinajstić information content (AvgIpc) is 3.42. The number of amides is 1. The maximum Gasteiger partial charge on any atom is 0.271 e. The summed E-state index contributed by atoms with van der Waals surface area (Å²) in [6.07, 6.45) is 1.94. The maximum absolute atomic E-state index is 14.2. The molecule has 2 aromatic carbocycles. The summed E-state index contributed by atoms with van der Waals surface area (Å²) in [7, 11) is 1.60. The van der Waals surface area contributed by atoms with Gasteiger partial charge in [-0.2, -0.15) is 0 Å². The third kappa shape index (κ3) is 5.13. The molecule has 0 fully saturated rings. The van der Waals surface area contributed by atoms with Crippen molar-refractivity contribution in [2.75, 3.05) is 20.2 Å². The SMILES string of the molecule is CCN(CC)C(=O)C1=C(C)N=c2s/c(=C/c3cc(C)n(-c4ccc(Br)cc4)c3C)c(=O)n2[C@H]1c1ccccc1OC. The Hall–Kier alpha value is -3.69. The van der Waals surface area contributed by atoms with Gasteiger partial charge in [-0.1, -0.05) is 45.5 Å². The zero-order chi connectivity index (χ0) is 29.4. The largest absolute Gasteiger partial charge is 0.496 e. The molecule has 5 rings (SSSR count). The summed E-state index contributed by atoms with van der Waals surface area (Å²) >= 11 is 4.85. The lowest BCUT2D eigenvalue weighted by Gasteiger charge is -2.29. The van der Waals surface area contributed by atoms with Crippen LogP contribution in [0.25, 0.3) is 11.8 Å². The maximum atomic E-state index is 14.2. The lowest BCUT2D eigenvalue weighted by molar-refractivity contribution is -0.127. The summed E-state index contributed by atoms with van der Waals surface area (Å²) in [5.41, 5.74) is 5.78. The molecule has 1 aliphatic heterocycles. The Morgan fingerprint density at radius 1 is 1.10 bits per heavy atom. The Labute approximate surface area is 251 Å². The fraction of sp³-hybridized carbons (Fsp3) is 0.281. The topological polar surface area (TPSA) is 68.8 Å². The van der Waals surface area contributed by atoms with Crippen molar-refractivity contribution < 1.29 is 9.53 Å². The van der Waals surface area contributed by atoms with E-state index < -0.39 is 6.04 Å². The number of carbonyl (C=O) groups is 1. The predicted molar refractivity (Wildman–Crippen MR) is 168 cm³/mol. The first-order chi connectivity index (χ1) is 19.7. The van der Waals surface area contributed by atoms with Crippen LogP contribution in [0.2, 0.25) is 0 Å². The number of aryl methyl sites for hydroxylation is 1. The van der Waals surface area contributed by atoms with Crippen LogP contribution in [0.4, 0.5) is 0 Å². The van der Waals surface area contributed by atoms with Gasteiger partial charge in [-0.05, 0) is 82.7 Å². The van der Waals surface area contributed by atoms with Gasteiger partial charge in [0.15, 0.2) is 4.80 Å². The summed E-state index contributed by atoms with van der Waals surface area (Å²) in [6.45, 7) is 11.0. The third-order valence-electron chi connectivity index (χ3n) is 7.58. The molecule has 1 aliphatic rings. The van der Waals surface area contributed by atoms with Gasteiger partial charge in [-0.3, -0.25) is 14.2 Å². The van der Waals surface area contributed by atoms with Gasteiger partial charge in [-0.25, -0.2) is 4.99 Å². The highest BCUT2D eigenvalue weighted by atomic mass is 79.9. The van der Waals surface area contributed by atoms with Gasteiger partial charge in [0, 0.05) is 40.2 Å². The Morgan fingerprint density at radius 3 is 2.44 bits per heavy atom. The van der Waals surface area contributed by atoms with Crippen LogP contribution in [0, 0.1) is 13.8 Å². The van der Waals surface area contributed by atoms with Crippen molar-refractivity contribution in [2.24, 2.45) is 4.99 Å². The highest BCUT2D eigenvalue weighted by molar-refractivity contribution is 9.10. The van der Waals surface area contributed by atoms with Gasteiger partial charge in [-0.15, -0.1) is 0 Å². The van der Waals surface area contributed by atoms with Gasteiger partial charge < -0.3 is 14.2 Å². The van der Waals surface area contributed by atoms with E-state index in [0.717, 1.165) is 32.7 Å². The lowest BCUT2D eigenvalue weighted by atomic mass is 9.94. The average molecular weight is 634 g/mol. The van der Waals surface area contributed by atoms with Crippen LogP contribution in [0.1, 0.15) is 49.3 Å². The number of allylic oxidation sites excluding steroid dienone is 1. The second kappa shape index (κ2) is 11.7. The number of hydrogen-bond acceptors (Lipinski definition) is 5. The Bertz CT molecular complexity index is 1840. The third-order valence-corrected chi connectivity index (χ3v) is 9.09. The van der Waals surface area contributed by atoms with Gasteiger partial charge in [0.2, 0.25) is 0 Å². The molecule has 41 heavy (non-hydrogen) atoms. The molecule has 3 heterocycles. The van der Waals surface area contributed by atoms with Crippen molar-refractivity contribution in [3.63, 3.8) is 0 Å². The quantitative estimate of drug-likeness (QED) is 0.278. The van der Waals surface area contributed by atoms with Crippen LogP contribution in [-0.4, -0.2) is 40.1 Å². The second-order valence-electron chi connectivity index (χ2n) is 9.94. The van der Waals surface area contributed by atoms with E-state index in [4.69, 9.17) is 9.73 Å². The van der Waals surface area contributed by atoms with Crippen molar-refractivity contribution in [1.82, 2.24) is 14.0 Å². The summed E-state index contributed by atoms with van der Waals surface area (Å²) < 4.78 is 11.1. The summed E-state index contributed by atoms with van der Waals surface area (Å²) in [6, 6.07) is 17.2. The number of nitrogens with zero attached hydrogens (tertiary/aromatic N) is 4. The van der Waals surface area contributed by atoms with Crippen LogP contribution >= 0.6 is 27.3 Å². The van der Waals surface area contributed by atoms with Crippen LogP contribution in [0.3, 0.4) is 0 Å². The number of benzene rings is 2. The Kier molecular flexibility index (Phi) is 8.20. The van der Waals surface area contributed by atoms with Crippen molar-refractivity contribution in [1.29, 1.82) is 0 Å². The van der Waals surface area contributed by atoms with Gasteiger partial charge in [0.05, 0.1) is 22.9 Å². The molecule has 0 unspecified atom stereocenters. The number of para-hydroxylation sites is 1. The number of likely N-dealkylation sites (N-methyl/N-ethyl adjacent to an activating group) is 1. The van der Waals surface area contributed by atoms with E-state index in [1.54, 1.807) is 16.6 Å². The van der Waals surface area contributed by atoms with Crippen LogP contribution in [-0.2, 0) is 4.79 Å². The van der Waals surface area contributed by atoms with E-state index in [9.17, 15) is 9.59 Å². The highest BCUT2D eigenvalue weighted by Crippen LogP contribution is 2.36. The fourth-order valence-corrected chi connectivity index (χ4v) is 6.83.